The van der Waals surface area contributed by atoms with E-state index >= 15 is 0 Å². The van der Waals surface area contributed by atoms with Crippen LogP contribution in [0, 0.1) is 0 Å². The Labute approximate surface area is 75.2 Å². The van der Waals surface area contributed by atoms with Crippen LogP contribution in [0.25, 0.3) is 5.52 Å². The van der Waals surface area contributed by atoms with Gasteiger partial charge in [-0.2, -0.15) is 0 Å². The van der Waals surface area contributed by atoms with Crippen molar-refractivity contribution in [1.82, 2.24) is 14.4 Å². The van der Waals surface area contributed by atoms with E-state index in [1.807, 2.05) is 10.6 Å². The maximum atomic E-state index is 5.65. The lowest BCUT2D eigenvalue weighted by atomic mass is 10.5. The highest BCUT2D eigenvalue weighted by Crippen LogP contribution is 2.11. The molecule has 2 aromatic rings. The lowest BCUT2D eigenvalue weighted by Gasteiger charge is -2.00. The normalized spacial score (nSPS) is 10.8. The zero-order chi connectivity index (χ0) is 9.26. The number of hydrogen-bond donors (Lipinski definition) is 1. The van der Waals surface area contributed by atoms with Crippen molar-refractivity contribution in [3.8, 4) is 0 Å². The first kappa shape index (κ1) is 8.00. The third kappa shape index (κ3) is 1.23. The molecule has 2 heterocycles. The molecule has 0 aliphatic heterocycles. The van der Waals surface area contributed by atoms with Crippen LogP contribution in [-0.2, 0) is 11.3 Å². The molecule has 0 aromatic carbocycles. The Morgan fingerprint density at radius 3 is 3.15 bits per heavy atom. The Bertz CT molecular complexity index is 423. The van der Waals surface area contributed by atoms with E-state index in [0.717, 1.165) is 11.3 Å². The van der Waals surface area contributed by atoms with Crippen LogP contribution in [0.5, 0.6) is 0 Å². The number of ether oxygens (including phenoxy) is 1. The minimum absolute atomic E-state index is 0.470. The van der Waals surface area contributed by atoms with Crippen molar-refractivity contribution in [1.29, 1.82) is 0 Å². The Hall–Kier alpha value is -1.62. The molecule has 68 valence electrons. The topological polar surface area (TPSA) is 65.4 Å². The average molecular weight is 178 g/mol. The second kappa shape index (κ2) is 3.02. The molecular formula is C8H10N4O. The molecule has 0 spiro atoms. The summed E-state index contributed by atoms with van der Waals surface area (Å²) in [5.41, 5.74) is 6.47. The molecule has 0 bridgehead atoms. The van der Waals surface area contributed by atoms with Crippen molar-refractivity contribution in [3.05, 3.63) is 24.4 Å². The fourth-order valence-corrected chi connectivity index (χ4v) is 1.24. The summed E-state index contributed by atoms with van der Waals surface area (Å²) in [4.78, 5) is 8.12. The van der Waals surface area contributed by atoms with E-state index in [9.17, 15) is 0 Å². The van der Waals surface area contributed by atoms with Crippen molar-refractivity contribution >= 4 is 11.3 Å². The van der Waals surface area contributed by atoms with Crippen LogP contribution in [-0.4, -0.2) is 21.5 Å². The summed E-state index contributed by atoms with van der Waals surface area (Å²) >= 11 is 0. The van der Waals surface area contributed by atoms with Crippen LogP contribution >= 0.6 is 0 Å². The van der Waals surface area contributed by atoms with Crippen molar-refractivity contribution in [2.45, 2.75) is 6.61 Å². The molecule has 5 heteroatoms. The second-order valence-electron chi connectivity index (χ2n) is 2.68. The molecule has 0 fully saturated rings. The quantitative estimate of drug-likeness (QED) is 0.725. The Balaban J connectivity index is 2.61. The highest BCUT2D eigenvalue weighted by Gasteiger charge is 2.04. The Kier molecular flexibility index (Phi) is 1.86. The number of imidazole rings is 1. The highest BCUT2D eigenvalue weighted by molar-refractivity contribution is 5.64. The molecule has 0 aliphatic rings. The summed E-state index contributed by atoms with van der Waals surface area (Å²) < 4.78 is 6.86. The van der Waals surface area contributed by atoms with Crippen LogP contribution in [0.3, 0.4) is 0 Å². The lowest BCUT2D eigenvalue weighted by molar-refractivity contribution is 0.177. The van der Waals surface area contributed by atoms with Gasteiger partial charge >= 0.3 is 0 Å². The number of nitrogens with two attached hydrogens (primary N) is 1. The molecule has 0 radical (unpaired) electrons. The first-order valence-electron chi connectivity index (χ1n) is 3.88. The number of nitrogen functional groups attached to an aromatic ring is 1. The second-order valence-corrected chi connectivity index (χ2v) is 2.68. The fourth-order valence-electron chi connectivity index (χ4n) is 1.24. The van der Waals surface area contributed by atoms with Crippen molar-refractivity contribution in [3.63, 3.8) is 0 Å². The van der Waals surface area contributed by atoms with Gasteiger partial charge in [-0.25, -0.2) is 9.97 Å². The minimum Gasteiger partial charge on any atom is -0.382 e. The summed E-state index contributed by atoms with van der Waals surface area (Å²) in [7, 11) is 1.63. The van der Waals surface area contributed by atoms with Gasteiger partial charge in [0.1, 0.15) is 23.8 Å². The molecular weight excluding hydrogens is 168 g/mol. The molecule has 2 rings (SSSR count). The lowest BCUT2D eigenvalue weighted by Crippen LogP contribution is -1.99. The smallest absolute Gasteiger partial charge is 0.149 e. The predicted octanol–water partition coefficient (Wildman–Crippen LogP) is 0.458. The zero-order valence-electron chi connectivity index (χ0n) is 7.27. The first-order valence-corrected chi connectivity index (χ1v) is 3.88. The van der Waals surface area contributed by atoms with Gasteiger partial charge in [0.25, 0.3) is 0 Å². The standard InChI is InChI=1S/C8H10N4O/c1-13-5-7-11-4-6-8(9)10-2-3-12(6)7/h2-4H,5H2,1H3,(H2,9,10). The molecule has 0 aliphatic carbocycles. The molecule has 13 heavy (non-hydrogen) atoms. The van der Waals surface area contributed by atoms with Gasteiger partial charge in [-0.05, 0) is 0 Å². The van der Waals surface area contributed by atoms with E-state index < -0.39 is 0 Å². The van der Waals surface area contributed by atoms with Crippen LogP contribution in [0.1, 0.15) is 5.82 Å². The minimum atomic E-state index is 0.470. The van der Waals surface area contributed by atoms with Gasteiger partial charge in [0, 0.05) is 19.5 Å². The van der Waals surface area contributed by atoms with Crippen LogP contribution in [0.2, 0.25) is 0 Å². The summed E-state index contributed by atoms with van der Waals surface area (Å²) in [5.74, 6) is 1.31. The van der Waals surface area contributed by atoms with E-state index in [1.54, 1.807) is 19.5 Å². The van der Waals surface area contributed by atoms with Gasteiger partial charge in [0.2, 0.25) is 0 Å². The van der Waals surface area contributed by atoms with E-state index in [4.69, 9.17) is 10.5 Å². The van der Waals surface area contributed by atoms with Gasteiger partial charge in [-0.3, -0.25) is 4.40 Å². The maximum Gasteiger partial charge on any atom is 0.149 e. The number of aromatic nitrogens is 3. The average Bonchev–Trinajstić information content (AvgIpc) is 2.51. The van der Waals surface area contributed by atoms with Gasteiger partial charge in [-0.15, -0.1) is 0 Å². The summed E-state index contributed by atoms with van der Waals surface area (Å²) in [6.45, 7) is 0.470. The van der Waals surface area contributed by atoms with Gasteiger partial charge < -0.3 is 10.5 Å². The van der Waals surface area contributed by atoms with E-state index in [0.29, 0.717) is 12.4 Å². The summed E-state index contributed by atoms with van der Waals surface area (Å²) in [6, 6.07) is 0. The van der Waals surface area contributed by atoms with Crippen LogP contribution < -0.4 is 5.73 Å². The molecule has 2 N–H and O–H groups in total. The van der Waals surface area contributed by atoms with E-state index in [1.165, 1.54) is 0 Å². The largest absolute Gasteiger partial charge is 0.382 e. The molecule has 0 atom stereocenters. The highest BCUT2D eigenvalue weighted by atomic mass is 16.5. The number of rotatable bonds is 2. The molecule has 0 amide bonds. The number of fused-ring (bicyclic) bond motifs is 1. The summed E-state index contributed by atoms with van der Waals surface area (Å²) in [6.07, 6.45) is 5.15. The van der Waals surface area contributed by atoms with Crippen molar-refractivity contribution in [2.24, 2.45) is 0 Å². The molecule has 2 aromatic heterocycles. The van der Waals surface area contributed by atoms with E-state index in [-0.39, 0.29) is 0 Å². The Morgan fingerprint density at radius 2 is 2.38 bits per heavy atom. The van der Waals surface area contributed by atoms with Crippen LogP contribution in [0.4, 0.5) is 5.82 Å². The predicted molar refractivity (Wildman–Crippen MR) is 48.1 cm³/mol. The third-order valence-electron chi connectivity index (χ3n) is 1.84. The molecule has 0 saturated carbocycles. The molecule has 0 saturated heterocycles. The number of nitrogens with zero attached hydrogens (tertiary/aromatic N) is 3. The molecule has 0 unspecified atom stereocenters. The third-order valence-corrected chi connectivity index (χ3v) is 1.84. The van der Waals surface area contributed by atoms with Crippen LogP contribution in [0.15, 0.2) is 18.6 Å². The fraction of sp³-hybridized carbons (Fsp3) is 0.250. The monoisotopic (exact) mass is 178 g/mol. The first-order chi connectivity index (χ1) is 6.33. The van der Waals surface area contributed by atoms with Crippen molar-refractivity contribution < 1.29 is 4.74 Å². The summed E-state index contributed by atoms with van der Waals surface area (Å²) in [5, 5.41) is 0. The number of hydrogen-bond acceptors (Lipinski definition) is 4. The van der Waals surface area contributed by atoms with Gasteiger partial charge in [0.05, 0.1) is 6.20 Å². The SMILES string of the molecule is COCc1ncc2c(N)nccn12. The Morgan fingerprint density at radius 1 is 1.54 bits per heavy atom. The number of anilines is 1. The maximum absolute atomic E-state index is 5.65. The number of methoxy groups -OCH3 is 1. The zero-order valence-corrected chi connectivity index (χ0v) is 7.27. The van der Waals surface area contributed by atoms with Gasteiger partial charge in [-0.1, -0.05) is 0 Å². The van der Waals surface area contributed by atoms with Gasteiger partial charge in [0.15, 0.2) is 0 Å². The van der Waals surface area contributed by atoms with Crippen molar-refractivity contribution in [2.75, 3.05) is 12.8 Å². The van der Waals surface area contributed by atoms with E-state index in [2.05, 4.69) is 9.97 Å². The molecule has 5 nitrogen and oxygen atoms in total.